The molecule has 1 amide bonds. The summed E-state index contributed by atoms with van der Waals surface area (Å²) in [6.07, 6.45) is 1.61. The lowest BCUT2D eigenvalue weighted by atomic mass is 10.0. The second-order valence-corrected chi connectivity index (χ2v) is 6.89. The summed E-state index contributed by atoms with van der Waals surface area (Å²) in [6.45, 7) is 3.44. The Morgan fingerprint density at radius 3 is 2.63 bits per heavy atom. The van der Waals surface area contributed by atoms with Crippen molar-refractivity contribution in [3.63, 3.8) is 0 Å². The molecule has 0 saturated carbocycles. The van der Waals surface area contributed by atoms with Gasteiger partial charge in [-0.05, 0) is 43.2 Å². The number of fused-ring (bicyclic) bond motifs is 1. The third kappa shape index (κ3) is 3.93. The lowest BCUT2D eigenvalue weighted by Crippen LogP contribution is -2.21. The average molecular weight is 400 g/mol. The van der Waals surface area contributed by atoms with Gasteiger partial charge >= 0.3 is 0 Å². The van der Waals surface area contributed by atoms with Crippen molar-refractivity contribution in [3.8, 4) is 16.9 Å². The highest BCUT2D eigenvalue weighted by molar-refractivity contribution is 5.91. The van der Waals surface area contributed by atoms with E-state index in [0.29, 0.717) is 33.9 Å². The van der Waals surface area contributed by atoms with Crippen LogP contribution in [0.25, 0.3) is 22.1 Å². The Morgan fingerprint density at radius 1 is 1.07 bits per heavy atom. The van der Waals surface area contributed by atoms with Gasteiger partial charge < -0.3 is 14.5 Å². The molecule has 4 rings (SSSR count). The minimum Gasteiger partial charge on any atom is -0.484 e. The molecule has 0 spiro atoms. The molecule has 6 nitrogen and oxygen atoms in total. The van der Waals surface area contributed by atoms with Gasteiger partial charge in [0.2, 0.25) is 5.43 Å². The number of aryl methyl sites for hydroxylation is 2. The van der Waals surface area contributed by atoms with Gasteiger partial charge in [-0.2, -0.15) is 0 Å². The largest absolute Gasteiger partial charge is 0.484 e. The number of amides is 1. The highest BCUT2D eigenvalue weighted by Crippen LogP contribution is 2.26. The summed E-state index contributed by atoms with van der Waals surface area (Å²) in [6, 6.07) is 18.0. The van der Waals surface area contributed by atoms with E-state index in [-0.39, 0.29) is 17.9 Å². The zero-order valence-corrected chi connectivity index (χ0v) is 16.6. The number of pyridine rings is 1. The molecular weight excluding hydrogens is 380 g/mol. The van der Waals surface area contributed by atoms with E-state index >= 15 is 0 Å². The number of rotatable bonds is 5. The fourth-order valence-electron chi connectivity index (χ4n) is 3.25. The van der Waals surface area contributed by atoms with E-state index in [9.17, 15) is 9.59 Å². The van der Waals surface area contributed by atoms with Crippen LogP contribution in [-0.2, 0) is 4.79 Å². The Hall–Kier alpha value is -3.93. The smallest absolute Gasteiger partial charge is 0.263 e. The molecule has 2 aromatic heterocycles. The Morgan fingerprint density at radius 2 is 1.87 bits per heavy atom. The van der Waals surface area contributed by atoms with Crippen LogP contribution in [-0.4, -0.2) is 17.5 Å². The first-order valence-corrected chi connectivity index (χ1v) is 9.50. The molecule has 2 aromatic carbocycles. The van der Waals surface area contributed by atoms with Crippen LogP contribution in [0.1, 0.15) is 11.3 Å². The van der Waals surface area contributed by atoms with Crippen LogP contribution >= 0.6 is 0 Å². The van der Waals surface area contributed by atoms with Gasteiger partial charge in [0.25, 0.3) is 5.91 Å². The Bertz CT molecular complexity index is 1280. The monoisotopic (exact) mass is 400 g/mol. The van der Waals surface area contributed by atoms with Gasteiger partial charge in [-0.1, -0.05) is 36.4 Å². The first kappa shape index (κ1) is 19.4. The van der Waals surface area contributed by atoms with E-state index in [4.69, 9.17) is 9.15 Å². The predicted octanol–water partition coefficient (Wildman–Crippen LogP) is 4.49. The molecule has 0 radical (unpaired) electrons. The van der Waals surface area contributed by atoms with Crippen molar-refractivity contribution in [3.05, 3.63) is 88.4 Å². The summed E-state index contributed by atoms with van der Waals surface area (Å²) in [4.78, 5) is 29.3. The summed E-state index contributed by atoms with van der Waals surface area (Å²) in [5.41, 5.74) is 2.53. The number of nitrogens with one attached hydrogen (secondary N) is 1. The molecule has 0 bridgehead atoms. The number of benzene rings is 2. The van der Waals surface area contributed by atoms with Gasteiger partial charge in [-0.25, -0.2) is 4.98 Å². The van der Waals surface area contributed by atoms with Crippen molar-refractivity contribution in [1.82, 2.24) is 4.98 Å². The quantitative estimate of drug-likeness (QED) is 0.534. The standard InChI is InChI=1S/C24H20N2O4/c1-15-7-6-12-25-24(15)26-21(27)14-29-18-10-11-19-20(13-18)30-16(2)22(23(19)28)17-8-4-3-5-9-17/h3-13H,14H2,1-2H3,(H,25,26,27). The molecule has 1 N–H and O–H groups in total. The van der Waals surface area contributed by atoms with Gasteiger partial charge in [-0.15, -0.1) is 0 Å². The molecular formula is C24H20N2O4. The molecule has 0 aliphatic rings. The molecule has 0 unspecified atom stereocenters. The molecule has 0 aliphatic carbocycles. The van der Waals surface area contributed by atoms with Crippen LogP contribution < -0.4 is 15.5 Å². The van der Waals surface area contributed by atoms with Crippen molar-refractivity contribution in [2.75, 3.05) is 11.9 Å². The maximum absolute atomic E-state index is 13.0. The van der Waals surface area contributed by atoms with Crippen LogP contribution in [0.3, 0.4) is 0 Å². The molecule has 30 heavy (non-hydrogen) atoms. The fourth-order valence-corrected chi connectivity index (χ4v) is 3.25. The van der Waals surface area contributed by atoms with Crippen molar-refractivity contribution in [2.45, 2.75) is 13.8 Å². The van der Waals surface area contributed by atoms with Crippen molar-refractivity contribution in [1.29, 1.82) is 0 Å². The zero-order valence-electron chi connectivity index (χ0n) is 16.6. The third-order valence-corrected chi connectivity index (χ3v) is 4.74. The maximum Gasteiger partial charge on any atom is 0.263 e. The van der Waals surface area contributed by atoms with Crippen LogP contribution in [0.15, 0.2) is 76.1 Å². The minimum absolute atomic E-state index is 0.102. The second kappa shape index (κ2) is 8.21. The molecule has 150 valence electrons. The number of anilines is 1. The highest BCUT2D eigenvalue weighted by Gasteiger charge is 2.14. The Balaban J connectivity index is 1.55. The van der Waals surface area contributed by atoms with Crippen molar-refractivity contribution < 1.29 is 13.9 Å². The van der Waals surface area contributed by atoms with Crippen LogP contribution in [0.4, 0.5) is 5.82 Å². The second-order valence-electron chi connectivity index (χ2n) is 6.89. The summed E-state index contributed by atoms with van der Waals surface area (Å²) >= 11 is 0. The number of hydrogen-bond donors (Lipinski definition) is 1. The molecule has 2 heterocycles. The summed E-state index contributed by atoms with van der Waals surface area (Å²) < 4.78 is 11.5. The number of aromatic nitrogens is 1. The number of ether oxygens (including phenoxy) is 1. The number of hydrogen-bond acceptors (Lipinski definition) is 5. The highest BCUT2D eigenvalue weighted by atomic mass is 16.5. The van der Waals surface area contributed by atoms with E-state index in [0.717, 1.165) is 11.1 Å². The van der Waals surface area contributed by atoms with Crippen molar-refractivity contribution >= 4 is 22.7 Å². The first-order chi connectivity index (χ1) is 14.5. The first-order valence-electron chi connectivity index (χ1n) is 9.50. The van der Waals surface area contributed by atoms with E-state index in [1.807, 2.05) is 43.3 Å². The molecule has 6 heteroatoms. The molecule has 0 saturated heterocycles. The lowest BCUT2D eigenvalue weighted by Gasteiger charge is -2.10. The van der Waals surface area contributed by atoms with Crippen LogP contribution in [0, 0.1) is 13.8 Å². The average Bonchev–Trinajstić information content (AvgIpc) is 2.74. The fraction of sp³-hybridized carbons (Fsp3) is 0.125. The Kier molecular flexibility index (Phi) is 5.30. The van der Waals surface area contributed by atoms with Crippen LogP contribution in [0.2, 0.25) is 0 Å². The molecule has 0 atom stereocenters. The van der Waals surface area contributed by atoms with E-state index in [1.54, 1.807) is 37.4 Å². The molecule has 0 aliphatic heterocycles. The topological polar surface area (TPSA) is 81.4 Å². The van der Waals surface area contributed by atoms with Gasteiger partial charge in [-0.3, -0.25) is 9.59 Å². The van der Waals surface area contributed by atoms with E-state index < -0.39 is 0 Å². The van der Waals surface area contributed by atoms with Gasteiger partial charge in [0.05, 0.1) is 10.9 Å². The van der Waals surface area contributed by atoms with Gasteiger partial charge in [0.15, 0.2) is 6.61 Å². The molecule has 4 aromatic rings. The predicted molar refractivity (Wildman–Crippen MR) is 116 cm³/mol. The van der Waals surface area contributed by atoms with Gasteiger partial charge in [0.1, 0.15) is 22.9 Å². The summed E-state index contributed by atoms with van der Waals surface area (Å²) in [5, 5.41) is 3.17. The van der Waals surface area contributed by atoms with Crippen molar-refractivity contribution in [2.24, 2.45) is 0 Å². The SMILES string of the molecule is Cc1cccnc1NC(=O)COc1ccc2c(=O)c(-c3ccccc3)c(C)oc2c1. The van der Waals surface area contributed by atoms with E-state index in [1.165, 1.54) is 0 Å². The molecule has 0 fully saturated rings. The zero-order chi connectivity index (χ0) is 21.1. The summed E-state index contributed by atoms with van der Waals surface area (Å²) in [7, 11) is 0. The van der Waals surface area contributed by atoms with Crippen LogP contribution in [0.5, 0.6) is 5.75 Å². The number of carbonyl (C=O) groups is 1. The maximum atomic E-state index is 13.0. The van der Waals surface area contributed by atoms with E-state index in [2.05, 4.69) is 10.3 Å². The minimum atomic E-state index is -0.325. The number of nitrogens with zero attached hydrogens (tertiary/aromatic N) is 1. The number of carbonyl (C=O) groups excluding carboxylic acids is 1. The lowest BCUT2D eigenvalue weighted by molar-refractivity contribution is -0.118. The Labute approximate surface area is 173 Å². The normalized spacial score (nSPS) is 10.7. The summed E-state index contributed by atoms with van der Waals surface area (Å²) in [5.74, 6) is 1.14. The third-order valence-electron chi connectivity index (χ3n) is 4.74. The van der Waals surface area contributed by atoms with Gasteiger partial charge in [0, 0.05) is 12.3 Å².